The number of nitrogens with zero attached hydrogens (tertiary/aromatic N) is 1. The molecule has 0 bridgehead atoms. The fourth-order valence-electron chi connectivity index (χ4n) is 5.99. The normalized spacial score (nSPS) is 36.4. The molecule has 3 fully saturated rings. The smallest absolute Gasteiger partial charge is 0.306 e. The molecule has 4 heteroatoms. The summed E-state index contributed by atoms with van der Waals surface area (Å²) in [6, 6.07) is 6.81. The van der Waals surface area contributed by atoms with Crippen LogP contribution < -0.4 is 0 Å². The topological polar surface area (TPSA) is 38.7 Å². The summed E-state index contributed by atoms with van der Waals surface area (Å²) in [7, 11) is 0. The fourth-order valence-corrected chi connectivity index (χ4v) is 5.99. The van der Waals surface area contributed by atoms with Crippen molar-refractivity contribution in [1.82, 2.24) is 0 Å². The van der Waals surface area contributed by atoms with Crippen molar-refractivity contribution >= 4 is 17.8 Å². The van der Waals surface area contributed by atoms with Gasteiger partial charge < -0.3 is 4.74 Å². The summed E-state index contributed by atoms with van der Waals surface area (Å²) in [5.41, 5.74) is 1.86. The minimum Gasteiger partial charge on any atom is -0.462 e. The first-order valence-electron chi connectivity index (χ1n) is 11.0. The Bertz CT molecular complexity index is 873. The molecule has 1 aromatic carbocycles. The van der Waals surface area contributed by atoms with Crippen molar-refractivity contribution in [1.29, 1.82) is 0 Å². The van der Waals surface area contributed by atoms with E-state index < -0.39 is 0 Å². The highest BCUT2D eigenvalue weighted by molar-refractivity contribution is 6.10. The number of hydrogen-bond acceptors (Lipinski definition) is 3. The number of aliphatic imine (C=N–C) groups is 1. The van der Waals surface area contributed by atoms with Crippen LogP contribution in [-0.2, 0) is 9.53 Å². The van der Waals surface area contributed by atoms with Crippen molar-refractivity contribution in [2.45, 2.75) is 57.1 Å². The lowest BCUT2D eigenvalue weighted by atomic mass is 9.60. The van der Waals surface area contributed by atoms with Gasteiger partial charge in [0.25, 0.3) is 0 Å². The second-order valence-electron chi connectivity index (χ2n) is 9.04. The lowest BCUT2D eigenvalue weighted by Crippen LogP contribution is -2.42. The molecule has 6 atom stereocenters. The van der Waals surface area contributed by atoms with Crippen LogP contribution in [0.4, 0.5) is 4.39 Å². The molecule has 3 unspecified atom stereocenters. The summed E-state index contributed by atoms with van der Waals surface area (Å²) in [4.78, 5) is 16.6. The van der Waals surface area contributed by atoms with Crippen molar-refractivity contribution < 1.29 is 13.9 Å². The molecule has 2 aliphatic carbocycles. The van der Waals surface area contributed by atoms with Crippen LogP contribution in [-0.4, -0.2) is 24.3 Å². The molecular weight excluding hydrogens is 365 g/mol. The van der Waals surface area contributed by atoms with Gasteiger partial charge in [-0.25, -0.2) is 4.39 Å². The predicted molar refractivity (Wildman–Crippen MR) is 112 cm³/mol. The second kappa shape index (κ2) is 7.89. The third-order valence-electron chi connectivity index (χ3n) is 7.36. The molecule has 5 rings (SSSR count). The van der Waals surface area contributed by atoms with Gasteiger partial charge in [-0.2, -0.15) is 0 Å². The fraction of sp³-hybridized carbons (Fsp3) is 0.520. The molecule has 0 amide bonds. The number of halogens is 1. The first-order valence-corrected chi connectivity index (χ1v) is 11.0. The summed E-state index contributed by atoms with van der Waals surface area (Å²) in [6.45, 7) is 0. The Balaban J connectivity index is 1.27. The minimum atomic E-state index is -0.218. The van der Waals surface area contributed by atoms with Gasteiger partial charge in [0.15, 0.2) is 0 Å². The lowest BCUT2D eigenvalue weighted by molar-refractivity contribution is -0.143. The van der Waals surface area contributed by atoms with E-state index in [2.05, 4.69) is 18.2 Å². The van der Waals surface area contributed by atoms with E-state index in [0.29, 0.717) is 30.1 Å². The number of ether oxygens (including phenoxy) is 1. The molecule has 29 heavy (non-hydrogen) atoms. The van der Waals surface area contributed by atoms with E-state index in [4.69, 9.17) is 9.73 Å². The van der Waals surface area contributed by atoms with Crippen LogP contribution in [0.3, 0.4) is 0 Å². The van der Waals surface area contributed by atoms with Crippen LogP contribution in [0.25, 0.3) is 5.57 Å². The van der Waals surface area contributed by atoms with E-state index in [0.717, 1.165) is 24.0 Å². The molecule has 3 nitrogen and oxygen atoms in total. The number of hydrogen-bond donors (Lipinski definition) is 0. The zero-order valence-corrected chi connectivity index (χ0v) is 16.7. The van der Waals surface area contributed by atoms with Gasteiger partial charge >= 0.3 is 5.97 Å². The quantitative estimate of drug-likeness (QED) is 0.512. The number of dihydropyridines is 1. The van der Waals surface area contributed by atoms with Crippen molar-refractivity contribution in [2.24, 2.45) is 28.7 Å². The number of allylic oxidation sites excluding steroid dienone is 2. The maximum atomic E-state index is 13.5. The molecule has 152 valence electrons. The number of carbonyl (C=O) groups is 1. The highest BCUT2D eigenvalue weighted by Crippen LogP contribution is 2.51. The van der Waals surface area contributed by atoms with Gasteiger partial charge in [0.05, 0.1) is 12.5 Å². The first kappa shape index (κ1) is 18.8. The molecule has 0 aromatic heterocycles. The Hall–Kier alpha value is -2.23. The molecule has 2 saturated carbocycles. The third-order valence-corrected chi connectivity index (χ3v) is 7.36. The summed E-state index contributed by atoms with van der Waals surface area (Å²) in [5.74, 6) is 2.03. The van der Waals surface area contributed by atoms with Crippen LogP contribution in [0.15, 0.2) is 47.5 Å². The summed E-state index contributed by atoms with van der Waals surface area (Å²) >= 11 is 0. The standard InChI is InChI=1S/C25H28FNO2/c26-19-5-3-4-16(12-19)18-9-11-20(27-15-18)10-8-17-13-24-23(14-25(28)29-24)22-7-2-1-6-21(17)22/h3-5,8-10,12,15,17,20-24H,1-2,6-7,11,13-14H2/b10-8+/t17-,20?,21+,22?,23+,24?/m1/s1. The molecule has 2 aliphatic heterocycles. The maximum absolute atomic E-state index is 13.5. The van der Waals surface area contributed by atoms with Crippen molar-refractivity contribution in [3.8, 4) is 0 Å². The highest BCUT2D eigenvalue weighted by Gasteiger charge is 2.49. The van der Waals surface area contributed by atoms with Crippen LogP contribution >= 0.6 is 0 Å². The van der Waals surface area contributed by atoms with Gasteiger partial charge in [0.1, 0.15) is 11.9 Å². The Morgan fingerprint density at radius 1 is 1.10 bits per heavy atom. The first-order chi connectivity index (χ1) is 14.2. The molecule has 0 N–H and O–H groups in total. The molecule has 0 radical (unpaired) electrons. The van der Waals surface area contributed by atoms with Gasteiger partial charge in [-0.15, -0.1) is 0 Å². The van der Waals surface area contributed by atoms with E-state index >= 15 is 0 Å². The average Bonchev–Trinajstić information content (AvgIpc) is 3.13. The molecule has 4 aliphatic rings. The van der Waals surface area contributed by atoms with E-state index in [-0.39, 0.29) is 23.9 Å². The van der Waals surface area contributed by atoms with Crippen molar-refractivity contribution in [3.05, 3.63) is 53.9 Å². The van der Waals surface area contributed by atoms with Crippen LogP contribution in [0.1, 0.15) is 50.5 Å². The van der Waals surface area contributed by atoms with E-state index in [1.807, 2.05) is 12.3 Å². The van der Waals surface area contributed by atoms with Gasteiger partial charge in [-0.1, -0.05) is 43.2 Å². The molecule has 2 heterocycles. The molecule has 1 saturated heterocycles. The van der Waals surface area contributed by atoms with E-state index in [9.17, 15) is 9.18 Å². The molecule has 0 spiro atoms. The maximum Gasteiger partial charge on any atom is 0.306 e. The van der Waals surface area contributed by atoms with Crippen molar-refractivity contribution in [3.63, 3.8) is 0 Å². The molecule has 1 aromatic rings. The largest absolute Gasteiger partial charge is 0.462 e. The van der Waals surface area contributed by atoms with Crippen LogP contribution in [0.5, 0.6) is 0 Å². The Morgan fingerprint density at radius 2 is 1.97 bits per heavy atom. The molecular formula is C25H28FNO2. The van der Waals surface area contributed by atoms with Gasteiger partial charge in [0.2, 0.25) is 0 Å². The zero-order valence-electron chi connectivity index (χ0n) is 16.7. The van der Waals surface area contributed by atoms with E-state index in [1.165, 1.54) is 31.7 Å². The minimum absolute atomic E-state index is 0.000786. The number of fused-ring (bicyclic) bond motifs is 3. The van der Waals surface area contributed by atoms with Crippen LogP contribution in [0.2, 0.25) is 0 Å². The zero-order chi connectivity index (χ0) is 19.8. The summed E-state index contributed by atoms with van der Waals surface area (Å²) in [6.07, 6.45) is 16.3. The van der Waals surface area contributed by atoms with Crippen LogP contribution in [0, 0.1) is 29.5 Å². The van der Waals surface area contributed by atoms with E-state index in [1.54, 1.807) is 12.1 Å². The Kier molecular flexibility index (Phi) is 5.11. The second-order valence-corrected chi connectivity index (χ2v) is 9.04. The summed E-state index contributed by atoms with van der Waals surface area (Å²) < 4.78 is 19.1. The van der Waals surface area contributed by atoms with Gasteiger partial charge in [-0.05, 0) is 66.7 Å². The highest BCUT2D eigenvalue weighted by atomic mass is 19.1. The number of esters is 1. The number of carbonyl (C=O) groups excluding carboxylic acids is 1. The number of benzene rings is 1. The van der Waals surface area contributed by atoms with Gasteiger partial charge in [-0.3, -0.25) is 9.79 Å². The van der Waals surface area contributed by atoms with Crippen molar-refractivity contribution in [2.75, 3.05) is 0 Å². The summed E-state index contributed by atoms with van der Waals surface area (Å²) in [5, 5.41) is 0. The number of rotatable bonds is 3. The third kappa shape index (κ3) is 3.82. The SMILES string of the molecule is O=C1C[C@@H]2C(C[C@@H](/C=C/C3CC=C(c4cccc(F)c4)C=N3)[C@@H]3CCCCC23)O1. The Labute approximate surface area is 171 Å². The monoisotopic (exact) mass is 393 g/mol. The Morgan fingerprint density at radius 3 is 2.76 bits per heavy atom. The predicted octanol–water partition coefficient (Wildman–Crippen LogP) is 5.37. The average molecular weight is 394 g/mol. The lowest BCUT2D eigenvalue weighted by Gasteiger charge is -2.45. The van der Waals surface area contributed by atoms with Gasteiger partial charge in [0, 0.05) is 12.1 Å².